The van der Waals surface area contributed by atoms with Crippen LogP contribution in [0, 0.1) is 0 Å². The van der Waals surface area contributed by atoms with E-state index in [0.29, 0.717) is 12.6 Å². The van der Waals surface area contributed by atoms with Gasteiger partial charge in [-0.1, -0.05) is 19.1 Å². The minimum atomic E-state index is -0.577. The third-order valence-electron chi connectivity index (χ3n) is 3.47. The summed E-state index contributed by atoms with van der Waals surface area (Å²) in [6.45, 7) is 3.67. The molecule has 2 rings (SSSR count). The molecule has 2 unspecified atom stereocenters. The number of rotatable bonds is 7. The Hall–Kier alpha value is -1.10. The van der Waals surface area contributed by atoms with Crippen molar-refractivity contribution in [3.63, 3.8) is 0 Å². The zero-order chi connectivity index (χ0) is 13.7. The quantitative estimate of drug-likeness (QED) is 0.787. The van der Waals surface area contributed by atoms with Gasteiger partial charge in [0, 0.05) is 13.2 Å². The van der Waals surface area contributed by atoms with Crippen molar-refractivity contribution >= 4 is 0 Å². The van der Waals surface area contributed by atoms with Gasteiger partial charge in [-0.2, -0.15) is 0 Å². The maximum Gasteiger partial charge on any atom is 0.122 e. The number of methoxy groups -OCH3 is 1. The fourth-order valence-electron chi connectivity index (χ4n) is 2.64. The molecule has 1 aromatic carbocycles. The third kappa shape index (κ3) is 3.47. The lowest BCUT2D eigenvalue weighted by Gasteiger charge is -2.15. The summed E-state index contributed by atoms with van der Waals surface area (Å²) in [5.74, 6) is 0.896. The van der Waals surface area contributed by atoms with Crippen molar-refractivity contribution in [1.29, 1.82) is 0 Å². The van der Waals surface area contributed by atoms with Gasteiger partial charge in [0.15, 0.2) is 0 Å². The highest BCUT2D eigenvalue weighted by Gasteiger charge is 2.24. The Morgan fingerprint density at radius 2 is 2.26 bits per heavy atom. The molecule has 0 aliphatic heterocycles. The molecule has 4 nitrogen and oxygen atoms in total. The number of benzene rings is 1. The van der Waals surface area contributed by atoms with E-state index in [9.17, 15) is 5.11 Å². The van der Waals surface area contributed by atoms with Crippen LogP contribution in [0.5, 0.6) is 5.75 Å². The van der Waals surface area contributed by atoms with E-state index in [1.165, 1.54) is 11.1 Å². The first-order valence-electron chi connectivity index (χ1n) is 6.91. The fraction of sp³-hybridized carbons (Fsp3) is 0.600. The van der Waals surface area contributed by atoms with Crippen LogP contribution < -0.4 is 10.1 Å². The largest absolute Gasteiger partial charge is 0.491 e. The normalized spacial score (nSPS) is 19.2. The summed E-state index contributed by atoms with van der Waals surface area (Å²) >= 11 is 0. The highest BCUT2D eigenvalue weighted by atomic mass is 16.5. The fourth-order valence-corrected chi connectivity index (χ4v) is 2.64. The van der Waals surface area contributed by atoms with Crippen molar-refractivity contribution < 1.29 is 14.6 Å². The average Bonchev–Trinajstić information content (AvgIpc) is 2.81. The SMILES string of the molecule is CCNC1CCc2c(OCC(O)COC)cccc21. The molecule has 106 valence electrons. The number of aliphatic hydroxyl groups is 1. The first kappa shape index (κ1) is 14.3. The Morgan fingerprint density at radius 1 is 1.42 bits per heavy atom. The number of aliphatic hydroxyl groups excluding tert-OH is 1. The van der Waals surface area contributed by atoms with Crippen molar-refractivity contribution in [1.82, 2.24) is 5.32 Å². The first-order chi connectivity index (χ1) is 9.26. The molecule has 0 radical (unpaired) electrons. The highest BCUT2D eigenvalue weighted by Crippen LogP contribution is 2.36. The highest BCUT2D eigenvalue weighted by molar-refractivity contribution is 5.45. The second kappa shape index (κ2) is 6.89. The van der Waals surface area contributed by atoms with Gasteiger partial charge in [-0.15, -0.1) is 0 Å². The molecule has 0 amide bonds. The Labute approximate surface area is 114 Å². The van der Waals surface area contributed by atoms with Crippen LogP contribution >= 0.6 is 0 Å². The van der Waals surface area contributed by atoms with Gasteiger partial charge in [-0.05, 0) is 36.6 Å². The van der Waals surface area contributed by atoms with Gasteiger partial charge < -0.3 is 19.9 Å². The molecule has 4 heteroatoms. The Morgan fingerprint density at radius 3 is 3.00 bits per heavy atom. The molecule has 0 fully saturated rings. The molecular weight excluding hydrogens is 242 g/mol. The summed E-state index contributed by atoms with van der Waals surface area (Å²) in [5, 5.41) is 13.1. The van der Waals surface area contributed by atoms with E-state index in [2.05, 4.69) is 18.3 Å². The lowest BCUT2D eigenvalue weighted by atomic mass is 10.1. The molecule has 1 aromatic rings. The van der Waals surface area contributed by atoms with Crippen molar-refractivity contribution in [2.75, 3.05) is 26.9 Å². The number of hydrogen-bond donors (Lipinski definition) is 2. The Bertz CT molecular complexity index is 408. The van der Waals surface area contributed by atoms with E-state index in [1.807, 2.05) is 12.1 Å². The molecule has 19 heavy (non-hydrogen) atoms. The maximum atomic E-state index is 9.63. The van der Waals surface area contributed by atoms with E-state index >= 15 is 0 Å². The minimum absolute atomic E-state index is 0.274. The van der Waals surface area contributed by atoms with Crippen LogP contribution in [-0.4, -0.2) is 38.1 Å². The van der Waals surface area contributed by atoms with Gasteiger partial charge in [-0.3, -0.25) is 0 Å². The first-order valence-corrected chi connectivity index (χ1v) is 6.91. The average molecular weight is 265 g/mol. The van der Waals surface area contributed by atoms with Crippen LogP contribution in [0.2, 0.25) is 0 Å². The molecule has 0 aromatic heterocycles. The van der Waals surface area contributed by atoms with Crippen LogP contribution in [0.1, 0.15) is 30.5 Å². The van der Waals surface area contributed by atoms with E-state index in [4.69, 9.17) is 9.47 Å². The van der Waals surface area contributed by atoms with Crippen LogP contribution in [-0.2, 0) is 11.2 Å². The van der Waals surface area contributed by atoms with Gasteiger partial charge in [0.1, 0.15) is 18.5 Å². The van der Waals surface area contributed by atoms with Gasteiger partial charge >= 0.3 is 0 Å². The lowest BCUT2D eigenvalue weighted by molar-refractivity contribution is 0.0323. The van der Waals surface area contributed by atoms with Gasteiger partial charge in [0.2, 0.25) is 0 Å². The van der Waals surface area contributed by atoms with Crippen LogP contribution in [0.25, 0.3) is 0 Å². The summed E-state index contributed by atoms with van der Waals surface area (Å²) < 4.78 is 10.6. The van der Waals surface area contributed by atoms with Crippen molar-refractivity contribution in [3.8, 4) is 5.75 Å². The maximum absolute atomic E-state index is 9.63. The Kier molecular flexibility index (Phi) is 5.19. The zero-order valence-corrected chi connectivity index (χ0v) is 11.7. The molecule has 2 N–H and O–H groups in total. The number of fused-ring (bicyclic) bond motifs is 1. The molecule has 0 saturated carbocycles. The molecule has 1 aliphatic carbocycles. The number of hydrogen-bond acceptors (Lipinski definition) is 4. The topological polar surface area (TPSA) is 50.7 Å². The molecule has 0 heterocycles. The lowest BCUT2D eigenvalue weighted by Crippen LogP contribution is -2.23. The van der Waals surface area contributed by atoms with Gasteiger partial charge in [0.25, 0.3) is 0 Å². The summed E-state index contributed by atoms with van der Waals surface area (Å²) in [6, 6.07) is 6.60. The summed E-state index contributed by atoms with van der Waals surface area (Å²) in [5.41, 5.74) is 2.61. The van der Waals surface area contributed by atoms with E-state index in [0.717, 1.165) is 25.1 Å². The van der Waals surface area contributed by atoms with Crippen molar-refractivity contribution in [2.24, 2.45) is 0 Å². The van der Waals surface area contributed by atoms with Gasteiger partial charge in [0.05, 0.1) is 6.61 Å². The van der Waals surface area contributed by atoms with E-state index in [1.54, 1.807) is 7.11 Å². The predicted octanol–water partition coefficient (Wildman–Crippen LogP) is 1.67. The summed E-state index contributed by atoms with van der Waals surface area (Å²) in [4.78, 5) is 0. The molecule has 0 saturated heterocycles. The third-order valence-corrected chi connectivity index (χ3v) is 3.47. The molecule has 2 atom stereocenters. The second-order valence-corrected chi connectivity index (χ2v) is 4.89. The van der Waals surface area contributed by atoms with E-state index in [-0.39, 0.29) is 6.61 Å². The monoisotopic (exact) mass is 265 g/mol. The summed E-state index contributed by atoms with van der Waals surface area (Å²) in [6.07, 6.45) is 1.57. The zero-order valence-electron chi connectivity index (χ0n) is 11.7. The van der Waals surface area contributed by atoms with Crippen molar-refractivity contribution in [3.05, 3.63) is 29.3 Å². The van der Waals surface area contributed by atoms with Crippen LogP contribution in [0.3, 0.4) is 0 Å². The minimum Gasteiger partial charge on any atom is -0.491 e. The van der Waals surface area contributed by atoms with Gasteiger partial charge in [-0.25, -0.2) is 0 Å². The van der Waals surface area contributed by atoms with Crippen LogP contribution in [0.4, 0.5) is 0 Å². The predicted molar refractivity (Wildman–Crippen MR) is 74.6 cm³/mol. The van der Waals surface area contributed by atoms with E-state index < -0.39 is 6.10 Å². The van der Waals surface area contributed by atoms with Crippen molar-refractivity contribution in [2.45, 2.75) is 31.9 Å². The molecule has 1 aliphatic rings. The molecular formula is C15H23NO3. The second-order valence-electron chi connectivity index (χ2n) is 4.89. The standard InChI is InChI=1S/C15H23NO3/c1-3-16-14-8-7-13-12(14)5-4-6-15(13)19-10-11(17)9-18-2/h4-6,11,14,16-17H,3,7-10H2,1-2H3. The Balaban J connectivity index is 2.03. The number of ether oxygens (including phenoxy) is 2. The smallest absolute Gasteiger partial charge is 0.122 e. The summed E-state index contributed by atoms with van der Waals surface area (Å²) in [7, 11) is 1.57. The number of nitrogens with one attached hydrogen (secondary N) is 1. The molecule has 0 spiro atoms. The van der Waals surface area contributed by atoms with Crippen LogP contribution in [0.15, 0.2) is 18.2 Å². The molecule has 0 bridgehead atoms.